The molecule has 0 aromatic heterocycles. The molecule has 0 aromatic carbocycles. The predicted molar refractivity (Wildman–Crippen MR) is 76.3 cm³/mol. The Morgan fingerprint density at radius 3 is 2.39 bits per heavy atom. The van der Waals surface area contributed by atoms with E-state index in [0.717, 1.165) is 45.1 Å². The minimum Gasteiger partial charge on any atom is -0.326 e. The molecular formula is C15H30N2O. The fourth-order valence-electron chi connectivity index (χ4n) is 2.74. The van der Waals surface area contributed by atoms with Crippen LogP contribution in [0.4, 0.5) is 0 Å². The zero-order valence-corrected chi connectivity index (χ0v) is 12.5. The molecular weight excluding hydrogens is 224 g/mol. The van der Waals surface area contributed by atoms with Gasteiger partial charge in [0.2, 0.25) is 5.91 Å². The van der Waals surface area contributed by atoms with E-state index in [9.17, 15) is 4.79 Å². The molecule has 1 aliphatic rings. The Hall–Kier alpha value is -0.570. The molecule has 0 aromatic rings. The van der Waals surface area contributed by atoms with E-state index in [4.69, 9.17) is 0 Å². The second kappa shape index (κ2) is 7.78. The monoisotopic (exact) mass is 254 g/mol. The van der Waals surface area contributed by atoms with Crippen molar-refractivity contribution in [3.8, 4) is 0 Å². The van der Waals surface area contributed by atoms with E-state index in [0.29, 0.717) is 11.8 Å². The predicted octanol–water partition coefficient (Wildman–Crippen LogP) is 3.15. The van der Waals surface area contributed by atoms with Gasteiger partial charge in [-0.25, -0.2) is 0 Å². The average Bonchev–Trinajstić information content (AvgIpc) is 2.70. The Balaban J connectivity index is 2.61. The van der Waals surface area contributed by atoms with Gasteiger partial charge >= 0.3 is 0 Å². The third-order valence-corrected chi connectivity index (χ3v) is 4.19. The lowest BCUT2D eigenvalue weighted by Crippen LogP contribution is -2.39. The molecule has 0 radical (unpaired) electrons. The van der Waals surface area contributed by atoms with Crippen LogP contribution < -0.4 is 5.32 Å². The van der Waals surface area contributed by atoms with Gasteiger partial charge in [0.05, 0.1) is 12.2 Å². The molecule has 1 heterocycles. The van der Waals surface area contributed by atoms with Crippen LogP contribution in [0.3, 0.4) is 0 Å². The standard InChI is InChI=1S/C15H30N2O/c1-5-9-10-13-15(18)17(14(8-4)16-13)11-12(6-2)7-3/h12-14,16H,5-11H2,1-4H3. The van der Waals surface area contributed by atoms with Crippen LogP contribution in [0.2, 0.25) is 0 Å². The summed E-state index contributed by atoms with van der Waals surface area (Å²) in [7, 11) is 0. The first-order valence-electron chi connectivity index (χ1n) is 7.74. The summed E-state index contributed by atoms with van der Waals surface area (Å²) in [4.78, 5) is 14.5. The molecule has 0 aliphatic carbocycles. The van der Waals surface area contributed by atoms with E-state index in [-0.39, 0.29) is 12.2 Å². The first-order chi connectivity index (χ1) is 8.67. The summed E-state index contributed by atoms with van der Waals surface area (Å²) in [6, 6.07) is 0.0734. The Kier molecular flexibility index (Phi) is 6.69. The minimum atomic E-state index is 0.0734. The van der Waals surface area contributed by atoms with Crippen molar-refractivity contribution in [2.24, 2.45) is 5.92 Å². The molecule has 0 spiro atoms. The third kappa shape index (κ3) is 3.71. The van der Waals surface area contributed by atoms with Crippen LogP contribution in [-0.4, -0.2) is 29.6 Å². The van der Waals surface area contributed by atoms with Gasteiger partial charge in [0.15, 0.2) is 0 Å². The average molecular weight is 254 g/mol. The van der Waals surface area contributed by atoms with Crippen LogP contribution in [0.25, 0.3) is 0 Å². The molecule has 18 heavy (non-hydrogen) atoms. The normalized spacial score (nSPS) is 24.3. The summed E-state index contributed by atoms with van der Waals surface area (Å²) in [5.41, 5.74) is 0. The lowest BCUT2D eigenvalue weighted by molar-refractivity contribution is -0.130. The van der Waals surface area contributed by atoms with Crippen LogP contribution in [0, 0.1) is 5.92 Å². The smallest absolute Gasteiger partial charge is 0.241 e. The fraction of sp³-hybridized carbons (Fsp3) is 0.933. The van der Waals surface area contributed by atoms with Crippen LogP contribution in [0.5, 0.6) is 0 Å². The maximum atomic E-state index is 12.4. The quantitative estimate of drug-likeness (QED) is 0.721. The number of nitrogens with one attached hydrogen (secondary N) is 1. The molecule has 1 fully saturated rings. The van der Waals surface area contributed by atoms with Crippen LogP contribution >= 0.6 is 0 Å². The van der Waals surface area contributed by atoms with Gasteiger partial charge in [0, 0.05) is 6.54 Å². The van der Waals surface area contributed by atoms with Gasteiger partial charge in [-0.2, -0.15) is 0 Å². The fourth-order valence-corrected chi connectivity index (χ4v) is 2.74. The lowest BCUT2D eigenvalue weighted by Gasteiger charge is -2.27. The highest BCUT2D eigenvalue weighted by molar-refractivity contribution is 5.84. The highest BCUT2D eigenvalue weighted by Gasteiger charge is 2.37. The summed E-state index contributed by atoms with van der Waals surface area (Å²) < 4.78 is 0. The largest absolute Gasteiger partial charge is 0.326 e. The molecule has 2 unspecified atom stereocenters. The van der Waals surface area contributed by atoms with Crippen LogP contribution in [0.1, 0.15) is 66.2 Å². The maximum absolute atomic E-state index is 12.4. The van der Waals surface area contributed by atoms with E-state index in [1.54, 1.807) is 0 Å². The Morgan fingerprint density at radius 1 is 1.22 bits per heavy atom. The highest BCUT2D eigenvalue weighted by atomic mass is 16.2. The van der Waals surface area contributed by atoms with Crippen molar-refractivity contribution < 1.29 is 4.79 Å². The number of unbranched alkanes of at least 4 members (excludes halogenated alkanes) is 1. The van der Waals surface area contributed by atoms with Gasteiger partial charge in [-0.3, -0.25) is 10.1 Å². The van der Waals surface area contributed by atoms with Crippen molar-refractivity contribution in [1.82, 2.24) is 10.2 Å². The van der Waals surface area contributed by atoms with Gasteiger partial charge in [-0.15, -0.1) is 0 Å². The lowest BCUT2D eigenvalue weighted by atomic mass is 10.0. The van der Waals surface area contributed by atoms with Crippen molar-refractivity contribution >= 4 is 5.91 Å². The molecule has 1 rings (SSSR count). The van der Waals surface area contributed by atoms with Crippen molar-refractivity contribution in [3.05, 3.63) is 0 Å². The summed E-state index contributed by atoms with van der Waals surface area (Å²) >= 11 is 0. The number of carbonyl (C=O) groups excluding carboxylic acids is 1. The van der Waals surface area contributed by atoms with E-state index in [1.165, 1.54) is 0 Å². The number of hydrogen-bond donors (Lipinski definition) is 1. The highest BCUT2D eigenvalue weighted by Crippen LogP contribution is 2.21. The van der Waals surface area contributed by atoms with Crippen molar-refractivity contribution in [2.75, 3.05) is 6.54 Å². The molecule has 1 saturated heterocycles. The maximum Gasteiger partial charge on any atom is 0.241 e. The van der Waals surface area contributed by atoms with Crippen LogP contribution in [0.15, 0.2) is 0 Å². The van der Waals surface area contributed by atoms with E-state index < -0.39 is 0 Å². The molecule has 1 aliphatic heterocycles. The van der Waals surface area contributed by atoms with Gasteiger partial charge in [-0.1, -0.05) is 53.4 Å². The van der Waals surface area contributed by atoms with Crippen molar-refractivity contribution in [2.45, 2.75) is 78.4 Å². The number of hydrogen-bond acceptors (Lipinski definition) is 2. The second-order valence-electron chi connectivity index (χ2n) is 5.46. The van der Waals surface area contributed by atoms with Crippen molar-refractivity contribution in [3.63, 3.8) is 0 Å². The zero-order valence-electron chi connectivity index (χ0n) is 12.5. The second-order valence-corrected chi connectivity index (χ2v) is 5.46. The molecule has 0 saturated carbocycles. The number of carbonyl (C=O) groups is 1. The van der Waals surface area contributed by atoms with Gasteiger partial charge in [0.25, 0.3) is 0 Å². The van der Waals surface area contributed by atoms with Gasteiger partial charge in [0.1, 0.15) is 0 Å². The topological polar surface area (TPSA) is 32.3 Å². The van der Waals surface area contributed by atoms with Gasteiger partial charge in [-0.05, 0) is 18.8 Å². The molecule has 1 N–H and O–H groups in total. The van der Waals surface area contributed by atoms with Crippen LogP contribution in [-0.2, 0) is 4.79 Å². The Bertz CT molecular complexity index is 251. The number of rotatable bonds is 8. The summed E-state index contributed by atoms with van der Waals surface area (Å²) in [6.07, 6.45) is 6.89. The Labute approximate surface area is 112 Å². The zero-order chi connectivity index (χ0) is 13.5. The SMILES string of the molecule is CCCCC1NC(CC)N(CC(CC)CC)C1=O. The third-order valence-electron chi connectivity index (χ3n) is 4.19. The summed E-state index contributed by atoms with van der Waals surface area (Å²) in [5, 5.41) is 3.51. The molecule has 0 bridgehead atoms. The van der Waals surface area contributed by atoms with E-state index in [2.05, 4.69) is 37.9 Å². The number of amides is 1. The Morgan fingerprint density at radius 2 is 1.89 bits per heavy atom. The van der Waals surface area contributed by atoms with Gasteiger partial charge < -0.3 is 4.90 Å². The summed E-state index contributed by atoms with van der Waals surface area (Å²) in [6.45, 7) is 9.71. The molecule has 2 atom stereocenters. The molecule has 3 heteroatoms. The molecule has 106 valence electrons. The number of nitrogens with zero attached hydrogens (tertiary/aromatic N) is 1. The molecule has 1 amide bonds. The van der Waals surface area contributed by atoms with Crippen molar-refractivity contribution in [1.29, 1.82) is 0 Å². The first kappa shape index (κ1) is 15.5. The minimum absolute atomic E-state index is 0.0734. The van der Waals surface area contributed by atoms with E-state index in [1.807, 2.05) is 0 Å². The molecule has 3 nitrogen and oxygen atoms in total. The van der Waals surface area contributed by atoms with E-state index >= 15 is 0 Å². The summed E-state index contributed by atoms with van der Waals surface area (Å²) in [5.74, 6) is 0.983. The first-order valence-corrected chi connectivity index (χ1v) is 7.74.